The van der Waals surface area contributed by atoms with Gasteiger partial charge in [-0.05, 0) is 48.6 Å². The van der Waals surface area contributed by atoms with Crippen LogP contribution in [-0.4, -0.2) is 15.0 Å². The molecule has 47 heavy (non-hydrogen) atoms. The highest BCUT2D eigenvalue weighted by molar-refractivity contribution is 6.20. The standard InChI is InChI=1S/C43H31N3O/c1-3-11-28(12-4-1)29-19-21-31(22-20-29)38-27-37(30-13-5-2-6-14-30)45-43(46-38)33-25-23-32(24-26-33)41-42-40(34-15-7-9-17-36(34)44-41)35-16-8-10-18-39(35)47-42/h2-3,5-19,21-27,29H,1,4,20H2. The van der Waals surface area contributed by atoms with Crippen molar-refractivity contribution in [1.82, 2.24) is 15.0 Å². The first-order chi connectivity index (χ1) is 23.3. The molecule has 0 saturated carbocycles. The molecule has 0 radical (unpaired) electrons. The van der Waals surface area contributed by atoms with Crippen LogP contribution in [0.25, 0.3) is 72.3 Å². The third-order valence-electron chi connectivity index (χ3n) is 9.28. The van der Waals surface area contributed by atoms with Gasteiger partial charge >= 0.3 is 0 Å². The molecule has 1 atom stereocenters. The summed E-state index contributed by atoms with van der Waals surface area (Å²) in [7, 11) is 0. The Morgan fingerprint density at radius 1 is 0.617 bits per heavy atom. The summed E-state index contributed by atoms with van der Waals surface area (Å²) in [5, 5.41) is 3.29. The molecule has 4 aromatic carbocycles. The van der Waals surface area contributed by atoms with Crippen LogP contribution in [-0.2, 0) is 0 Å². The van der Waals surface area contributed by atoms with Crippen LogP contribution in [0.2, 0.25) is 0 Å². The minimum absolute atomic E-state index is 0.416. The van der Waals surface area contributed by atoms with E-state index in [0.29, 0.717) is 11.7 Å². The molecule has 0 saturated heterocycles. The molecular formula is C43H31N3O. The van der Waals surface area contributed by atoms with Crippen molar-refractivity contribution in [1.29, 1.82) is 0 Å². The van der Waals surface area contributed by atoms with Gasteiger partial charge in [-0.1, -0.05) is 127 Å². The Hall–Kier alpha value is -5.87. The maximum Gasteiger partial charge on any atom is 0.162 e. The summed E-state index contributed by atoms with van der Waals surface area (Å²) in [5.74, 6) is 1.11. The predicted octanol–water partition coefficient (Wildman–Crippen LogP) is 11.2. The van der Waals surface area contributed by atoms with Gasteiger partial charge in [0.25, 0.3) is 0 Å². The average molecular weight is 606 g/mol. The fourth-order valence-corrected chi connectivity index (χ4v) is 6.85. The number of nitrogens with zero attached hydrogens (tertiary/aromatic N) is 3. The number of aromatic nitrogens is 3. The van der Waals surface area contributed by atoms with Crippen LogP contribution in [0.15, 0.2) is 156 Å². The van der Waals surface area contributed by atoms with E-state index < -0.39 is 0 Å². The van der Waals surface area contributed by atoms with Crippen LogP contribution < -0.4 is 0 Å². The van der Waals surface area contributed by atoms with E-state index >= 15 is 0 Å². The average Bonchev–Trinajstić information content (AvgIpc) is 3.55. The zero-order valence-electron chi connectivity index (χ0n) is 25.8. The van der Waals surface area contributed by atoms with Crippen molar-refractivity contribution in [3.05, 3.63) is 157 Å². The molecule has 4 nitrogen and oxygen atoms in total. The largest absolute Gasteiger partial charge is 0.454 e. The summed E-state index contributed by atoms with van der Waals surface area (Å²) in [6, 6.07) is 37.3. The first-order valence-electron chi connectivity index (χ1n) is 16.3. The molecule has 0 N–H and O–H groups in total. The first kappa shape index (κ1) is 27.4. The Bertz CT molecular complexity index is 2430. The van der Waals surface area contributed by atoms with E-state index in [-0.39, 0.29) is 0 Å². The fraction of sp³-hybridized carbons (Fsp3) is 0.0930. The van der Waals surface area contributed by atoms with Gasteiger partial charge in [0.1, 0.15) is 11.3 Å². The van der Waals surface area contributed by atoms with Gasteiger partial charge in [-0.25, -0.2) is 15.0 Å². The van der Waals surface area contributed by atoms with Crippen LogP contribution in [0, 0.1) is 5.92 Å². The number of para-hydroxylation sites is 2. The van der Waals surface area contributed by atoms with E-state index in [4.69, 9.17) is 19.4 Å². The third kappa shape index (κ3) is 4.99. The molecule has 224 valence electrons. The van der Waals surface area contributed by atoms with Gasteiger partial charge in [0.15, 0.2) is 11.4 Å². The summed E-state index contributed by atoms with van der Waals surface area (Å²) in [6.45, 7) is 0. The van der Waals surface area contributed by atoms with E-state index in [0.717, 1.165) is 91.4 Å². The number of allylic oxidation sites excluding steroid dienone is 8. The molecule has 7 aromatic rings. The monoisotopic (exact) mass is 605 g/mol. The van der Waals surface area contributed by atoms with Gasteiger partial charge in [0.2, 0.25) is 0 Å². The lowest BCUT2D eigenvalue weighted by atomic mass is 9.86. The lowest BCUT2D eigenvalue weighted by Crippen LogP contribution is -2.05. The summed E-state index contributed by atoms with van der Waals surface area (Å²) >= 11 is 0. The van der Waals surface area contributed by atoms with Crippen LogP contribution in [0.1, 0.15) is 25.0 Å². The normalized spacial score (nSPS) is 16.1. The lowest BCUT2D eigenvalue weighted by Gasteiger charge is -2.19. The number of hydrogen-bond acceptors (Lipinski definition) is 4. The van der Waals surface area contributed by atoms with Crippen LogP contribution in [0.3, 0.4) is 0 Å². The topological polar surface area (TPSA) is 51.8 Å². The smallest absolute Gasteiger partial charge is 0.162 e. The Morgan fingerprint density at radius 2 is 1.38 bits per heavy atom. The fourth-order valence-electron chi connectivity index (χ4n) is 6.85. The van der Waals surface area contributed by atoms with E-state index in [2.05, 4.69) is 121 Å². The molecule has 4 heteroatoms. The molecule has 0 fully saturated rings. The predicted molar refractivity (Wildman–Crippen MR) is 193 cm³/mol. The molecule has 0 spiro atoms. The highest BCUT2D eigenvalue weighted by Crippen LogP contribution is 2.39. The molecule has 9 rings (SSSR count). The maximum atomic E-state index is 6.45. The number of pyridine rings is 1. The molecule has 1 unspecified atom stereocenters. The number of hydrogen-bond donors (Lipinski definition) is 0. The molecule has 3 aromatic heterocycles. The molecule has 3 heterocycles. The van der Waals surface area contributed by atoms with Crippen LogP contribution in [0.4, 0.5) is 0 Å². The summed E-state index contributed by atoms with van der Waals surface area (Å²) in [5.41, 5.74) is 10.8. The number of benzene rings is 4. The van der Waals surface area contributed by atoms with Gasteiger partial charge < -0.3 is 4.42 Å². The second-order valence-corrected chi connectivity index (χ2v) is 12.2. The molecule has 0 bridgehead atoms. The maximum absolute atomic E-state index is 6.45. The van der Waals surface area contributed by atoms with Crippen molar-refractivity contribution >= 4 is 38.4 Å². The molecule has 0 amide bonds. The van der Waals surface area contributed by atoms with Gasteiger partial charge in [-0.3, -0.25) is 0 Å². The highest BCUT2D eigenvalue weighted by Gasteiger charge is 2.19. The van der Waals surface area contributed by atoms with Crippen molar-refractivity contribution in [3.8, 4) is 33.9 Å². The Morgan fingerprint density at radius 3 is 2.19 bits per heavy atom. The zero-order valence-corrected chi connectivity index (χ0v) is 25.8. The minimum atomic E-state index is 0.416. The van der Waals surface area contributed by atoms with Crippen molar-refractivity contribution < 1.29 is 4.42 Å². The van der Waals surface area contributed by atoms with E-state index in [1.807, 2.05) is 24.3 Å². The first-order valence-corrected chi connectivity index (χ1v) is 16.3. The van der Waals surface area contributed by atoms with Crippen molar-refractivity contribution in [2.75, 3.05) is 0 Å². The van der Waals surface area contributed by atoms with Crippen molar-refractivity contribution in [2.45, 2.75) is 19.3 Å². The Kier molecular flexibility index (Phi) is 6.71. The minimum Gasteiger partial charge on any atom is -0.454 e. The second-order valence-electron chi connectivity index (χ2n) is 12.2. The summed E-state index contributed by atoms with van der Waals surface area (Å²) < 4.78 is 6.45. The molecule has 2 aliphatic carbocycles. The van der Waals surface area contributed by atoms with Gasteiger partial charge in [-0.2, -0.15) is 0 Å². The molecule has 0 aliphatic heterocycles. The zero-order chi connectivity index (χ0) is 31.2. The quantitative estimate of drug-likeness (QED) is 0.196. The van der Waals surface area contributed by atoms with Gasteiger partial charge in [0, 0.05) is 38.8 Å². The highest BCUT2D eigenvalue weighted by atomic mass is 16.3. The third-order valence-corrected chi connectivity index (χ3v) is 9.28. The Labute approximate surface area is 273 Å². The van der Waals surface area contributed by atoms with Gasteiger partial charge in [0.05, 0.1) is 16.9 Å². The van der Waals surface area contributed by atoms with E-state index in [1.165, 1.54) is 5.57 Å². The van der Waals surface area contributed by atoms with Crippen LogP contribution in [0.5, 0.6) is 0 Å². The number of rotatable bonds is 5. The molecule has 2 aliphatic rings. The number of furan rings is 1. The van der Waals surface area contributed by atoms with Crippen molar-refractivity contribution in [3.63, 3.8) is 0 Å². The van der Waals surface area contributed by atoms with E-state index in [1.54, 1.807) is 0 Å². The second kappa shape index (κ2) is 11.5. The van der Waals surface area contributed by atoms with E-state index in [9.17, 15) is 0 Å². The summed E-state index contributed by atoms with van der Waals surface area (Å²) in [6.07, 6.45) is 17.0. The molecular weight excluding hydrogens is 574 g/mol. The van der Waals surface area contributed by atoms with Crippen molar-refractivity contribution in [2.24, 2.45) is 5.92 Å². The lowest BCUT2D eigenvalue weighted by molar-refractivity contribution is 0.669. The Balaban J connectivity index is 1.12. The SMILES string of the molecule is C1=CC(C2C=CC(c3cc(-c4ccccc4)nc(-c4ccc(-c5nc6ccccc6c6c5oc5ccccc56)cc4)n3)=CC2)=CCC1. The summed E-state index contributed by atoms with van der Waals surface area (Å²) in [4.78, 5) is 15.3. The number of fused-ring (bicyclic) bond motifs is 5. The van der Waals surface area contributed by atoms with Gasteiger partial charge in [-0.15, -0.1) is 0 Å². The van der Waals surface area contributed by atoms with Crippen LogP contribution >= 0.6 is 0 Å².